The van der Waals surface area contributed by atoms with E-state index in [0.29, 0.717) is 11.4 Å². The first-order valence-corrected chi connectivity index (χ1v) is 6.32. The maximum Gasteiger partial charge on any atom is 0.123 e. The molecule has 0 amide bonds. The van der Waals surface area contributed by atoms with Gasteiger partial charge in [0.1, 0.15) is 5.82 Å². The average molecular weight is 239 g/mol. The molecule has 0 saturated heterocycles. The molecule has 0 bridgehead atoms. The van der Waals surface area contributed by atoms with Crippen molar-refractivity contribution in [1.82, 2.24) is 0 Å². The van der Waals surface area contributed by atoms with E-state index in [-0.39, 0.29) is 5.82 Å². The van der Waals surface area contributed by atoms with Gasteiger partial charge in [0.15, 0.2) is 0 Å². The van der Waals surface area contributed by atoms with E-state index in [0.717, 1.165) is 5.56 Å². The van der Waals surface area contributed by atoms with Crippen LogP contribution in [0.2, 0.25) is 0 Å². The van der Waals surface area contributed by atoms with Crippen LogP contribution in [0.1, 0.15) is 5.56 Å². The molecule has 2 N–H and O–H groups in total. The normalized spacial score (nSPS) is 10.5. The van der Waals surface area contributed by atoms with E-state index in [2.05, 4.69) is 0 Å². The van der Waals surface area contributed by atoms with Gasteiger partial charge in [-0.25, -0.2) is 4.39 Å². The third-order valence-electron chi connectivity index (χ3n) is 1.97. The van der Waals surface area contributed by atoms with Gasteiger partial charge < -0.3 is 5.73 Å². The van der Waals surface area contributed by atoms with Crippen molar-refractivity contribution in [3.05, 3.63) is 47.1 Å². The Kier molecular flexibility index (Phi) is 3.28. The topological polar surface area (TPSA) is 26.0 Å². The van der Waals surface area contributed by atoms with E-state index in [1.807, 2.05) is 17.5 Å². The van der Waals surface area contributed by atoms with Gasteiger partial charge in [-0.3, -0.25) is 0 Å². The molecule has 2 rings (SSSR count). The summed E-state index contributed by atoms with van der Waals surface area (Å²) in [7, 11) is 0. The number of anilines is 1. The van der Waals surface area contributed by atoms with Gasteiger partial charge in [-0.15, -0.1) is 23.1 Å². The molecule has 0 atom stereocenters. The van der Waals surface area contributed by atoms with Gasteiger partial charge in [0.2, 0.25) is 0 Å². The smallest absolute Gasteiger partial charge is 0.123 e. The molecular formula is C11H10FNS2. The van der Waals surface area contributed by atoms with Crippen LogP contribution < -0.4 is 5.73 Å². The summed E-state index contributed by atoms with van der Waals surface area (Å²) in [6.45, 7) is 0. The van der Waals surface area contributed by atoms with E-state index in [9.17, 15) is 4.39 Å². The molecule has 0 aliphatic heterocycles. The van der Waals surface area contributed by atoms with Crippen LogP contribution >= 0.6 is 23.1 Å². The lowest BCUT2D eigenvalue weighted by molar-refractivity contribution is 0.627. The molecule has 0 aliphatic rings. The standard InChI is InChI=1S/C11H10FNS2/c12-9-3-4-10(13)8(6-9)7-15-11-2-1-5-14-11/h1-6H,7,13H2. The summed E-state index contributed by atoms with van der Waals surface area (Å²) in [5, 5.41) is 2.03. The second kappa shape index (κ2) is 4.68. The van der Waals surface area contributed by atoms with Crippen LogP contribution in [0.5, 0.6) is 0 Å². The van der Waals surface area contributed by atoms with Crippen molar-refractivity contribution in [2.75, 3.05) is 5.73 Å². The van der Waals surface area contributed by atoms with Gasteiger partial charge in [-0.05, 0) is 35.2 Å². The zero-order chi connectivity index (χ0) is 10.7. The average Bonchev–Trinajstić information content (AvgIpc) is 2.72. The lowest BCUT2D eigenvalue weighted by atomic mass is 10.2. The summed E-state index contributed by atoms with van der Waals surface area (Å²) in [6, 6.07) is 8.54. The summed E-state index contributed by atoms with van der Waals surface area (Å²) >= 11 is 3.36. The second-order valence-electron chi connectivity index (χ2n) is 3.06. The molecule has 0 saturated carbocycles. The Labute approximate surface area is 96.1 Å². The second-order valence-corrected chi connectivity index (χ2v) is 5.29. The fraction of sp³-hybridized carbons (Fsp3) is 0.0909. The summed E-state index contributed by atoms with van der Waals surface area (Å²) in [5.41, 5.74) is 7.26. The molecule has 1 nitrogen and oxygen atoms in total. The lowest BCUT2D eigenvalue weighted by Gasteiger charge is -2.04. The van der Waals surface area contributed by atoms with Crippen molar-refractivity contribution < 1.29 is 4.39 Å². The van der Waals surface area contributed by atoms with Gasteiger partial charge in [0.05, 0.1) is 4.21 Å². The minimum atomic E-state index is -0.231. The number of hydrogen-bond acceptors (Lipinski definition) is 3. The van der Waals surface area contributed by atoms with Crippen LogP contribution in [-0.2, 0) is 5.75 Å². The molecule has 2 aromatic rings. The molecule has 1 aromatic heterocycles. The van der Waals surface area contributed by atoms with Crippen LogP contribution in [0.4, 0.5) is 10.1 Å². The Morgan fingerprint density at radius 1 is 1.33 bits per heavy atom. The first-order valence-electron chi connectivity index (χ1n) is 4.46. The predicted molar refractivity (Wildman–Crippen MR) is 64.7 cm³/mol. The van der Waals surface area contributed by atoms with Crippen LogP contribution in [0.25, 0.3) is 0 Å². The van der Waals surface area contributed by atoms with Crippen LogP contribution in [0.3, 0.4) is 0 Å². The summed E-state index contributed by atoms with van der Waals surface area (Å²) < 4.78 is 14.2. The van der Waals surface area contributed by atoms with Gasteiger partial charge in [-0.1, -0.05) is 6.07 Å². The van der Waals surface area contributed by atoms with Crippen molar-refractivity contribution in [1.29, 1.82) is 0 Å². The highest BCUT2D eigenvalue weighted by molar-refractivity contribution is 8.00. The van der Waals surface area contributed by atoms with Crippen molar-refractivity contribution in [2.45, 2.75) is 9.96 Å². The number of halogens is 1. The Bertz CT molecular complexity index is 440. The Balaban J connectivity index is 2.07. The van der Waals surface area contributed by atoms with E-state index in [1.54, 1.807) is 29.2 Å². The summed E-state index contributed by atoms with van der Waals surface area (Å²) in [4.78, 5) is 0. The molecule has 1 aromatic carbocycles. The minimum absolute atomic E-state index is 0.231. The highest BCUT2D eigenvalue weighted by Crippen LogP contribution is 2.29. The number of thioether (sulfide) groups is 1. The molecule has 0 aliphatic carbocycles. The zero-order valence-electron chi connectivity index (χ0n) is 7.94. The molecule has 0 radical (unpaired) electrons. The molecule has 0 unspecified atom stereocenters. The zero-order valence-corrected chi connectivity index (χ0v) is 9.58. The lowest BCUT2D eigenvalue weighted by Crippen LogP contribution is -1.93. The van der Waals surface area contributed by atoms with E-state index < -0.39 is 0 Å². The summed E-state index contributed by atoms with van der Waals surface area (Å²) in [6.07, 6.45) is 0. The van der Waals surface area contributed by atoms with E-state index in [4.69, 9.17) is 5.73 Å². The quantitative estimate of drug-likeness (QED) is 0.652. The van der Waals surface area contributed by atoms with Crippen molar-refractivity contribution >= 4 is 28.8 Å². The Morgan fingerprint density at radius 2 is 2.20 bits per heavy atom. The van der Waals surface area contributed by atoms with E-state index >= 15 is 0 Å². The van der Waals surface area contributed by atoms with Crippen LogP contribution in [-0.4, -0.2) is 0 Å². The fourth-order valence-electron chi connectivity index (χ4n) is 1.19. The van der Waals surface area contributed by atoms with Crippen LogP contribution in [0.15, 0.2) is 39.9 Å². The molecule has 0 spiro atoms. The Hall–Kier alpha value is -1.00. The largest absolute Gasteiger partial charge is 0.398 e. The fourth-order valence-corrected chi connectivity index (χ4v) is 2.98. The highest BCUT2D eigenvalue weighted by Gasteiger charge is 2.02. The molecule has 0 fully saturated rings. The highest BCUT2D eigenvalue weighted by atomic mass is 32.2. The number of rotatable bonds is 3. The van der Waals surface area contributed by atoms with Crippen molar-refractivity contribution in [3.8, 4) is 0 Å². The van der Waals surface area contributed by atoms with Gasteiger partial charge >= 0.3 is 0 Å². The number of thiophene rings is 1. The number of benzene rings is 1. The molecular weight excluding hydrogens is 229 g/mol. The first kappa shape index (κ1) is 10.5. The first-order chi connectivity index (χ1) is 7.25. The Morgan fingerprint density at radius 3 is 2.93 bits per heavy atom. The van der Waals surface area contributed by atoms with Crippen molar-refractivity contribution in [3.63, 3.8) is 0 Å². The number of nitrogen functional groups attached to an aromatic ring is 1. The maximum atomic E-state index is 13.0. The summed E-state index contributed by atoms with van der Waals surface area (Å²) in [5.74, 6) is 0.482. The van der Waals surface area contributed by atoms with E-state index in [1.165, 1.54) is 16.3 Å². The molecule has 1 heterocycles. The molecule has 15 heavy (non-hydrogen) atoms. The van der Waals surface area contributed by atoms with Gasteiger partial charge in [-0.2, -0.15) is 0 Å². The van der Waals surface area contributed by atoms with Gasteiger partial charge in [0, 0.05) is 11.4 Å². The van der Waals surface area contributed by atoms with Crippen LogP contribution in [0, 0.1) is 5.82 Å². The SMILES string of the molecule is Nc1ccc(F)cc1CSc1cccs1. The predicted octanol–water partition coefficient (Wildman–Crippen LogP) is 3.76. The third-order valence-corrected chi connectivity index (χ3v) is 4.15. The maximum absolute atomic E-state index is 13.0. The monoisotopic (exact) mass is 239 g/mol. The molecule has 4 heteroatoms. The number of nitrogens with two attached hydrogens (primary N) is 1. The minimum Gasteiger partial charge on any atom is -0.398 e. The molecule has 78 valence electrons. The van der Waals surface area contributed by atoms with Gasteiger partial charge in [0.25, 0.3) is 0 Å². The number of hydrogen-bond donors (Lipinski definition) is 1. The van der Waals surface area contributed by atoms with Crippen molar-refractivity contribution in [2.24, 2.45) is 0 Å². The third kappa shape index (κ3) is 2.73.